The maximum absolute atomic E-state index is 11.3. The van der Waals surface area contributed by atoms with E-state index in [1.807, 2.05) is 18.3 Å². The van der Waals surface area contributed by atoms with Gasteiger partial charge in [0.2, 0.25) is 5.91 Å². The van der Waals surface area contributed by atoms with Crippen molar-refractivity contribution in [3.8, 4) is 0 Å². The summed E-state index contributed by atoms with van der Waals surface area (Å²) in [6.45, 7) is 5.28. The lowest BCUT2D eigenvalue weighted by Gasteiger charge is -2.32. The number of carbonyl (C=O) groups excluding carboxylic acids is 1. The van der Waals surface area contributed by atoms with Crippen LogP contribution in [0.2, 0.25) is 0 Å². The van der Waals surface area contributed by atoms with Gasteiger partial charge in [0.1, 0.15) is 0 Å². The van der Waals surface area contributed by atoms with Gasteiger partial charge in [-0.3, -0.25) is 4.79 Å². The van der Waals surface area contributed by atoms with Gasteiger partial charge in [0, 0.05) is 37.0 Å². The molecule has 2 heterocycles. The normalized spacial score (nSPS) is 17.8. The Morgan fingerprint density at radius 1 is 1.50 bits per heavy atom. The summed E-state index contributed by atoms with van der Waals surface area (Å²) in [5.74, 6) is 0.187. The van der Waals surface area contributed by atoms with Gasteiger partial charge in [-0.2, -0.15) is 0 Å². The first-order valence-corrected chi connectivity index (χ1v) is 7.70. The standard InChI is InChI=1S/C14H22N2OS/c1-2-14(17)15-12-5-8-16(9-6-12)10-7-13-4-3-11-18-13/h3-4,11-12H,2,5-10H2,1H3,(H,15,17). The fraction of sp³-hybridized carbons (Fsp3) is 0.643. The van der Waals surface area contributed by atoms with Gasteiger partial charge in [-0.15, -0.1) is 11.3 Å². The Hall–Kier alpha value is -0.870. The highest BCUT2D eigenvalue weighted by molar-refractivity contribution is 7.09. The molecule has 0 radical (unpaired) electrons. The second kappa shape index (κ2) is 6.90. The maximum atomic E-state index is 11.3. The minimum absolute atomic E-state index is 0.187. The molecule has 0 aromatic carbocycles. The monoisotopic (exact) mass is 266 g/mol. The Morgan fingerprint density at radius 2 is 2.28 bits per heavy atom. The number of nitrogens with zero attached hydrogens (tertiary/aromatic N) is 1. The number of hydrogen-bond donors (Lipinski definition) is 1. The molecule has 18 heavy (non-hydrogen) atoms. The zero-order chi connectivity index (χ0) is 12.8. The first-order chi connectivity index (χ1) is 8.78. The fourth-order valence-electron chi connectivity index (χ4n) is 2.35. The second-order valence-corrected chi connectivity index (χ2v) is 5.90. The Bertz CT molecular complexity index is 356. The molecule has 1 amide bonds. The minimum Gasteiger partial charge on any atom is -0.353 e. The van der Waals surface area contributed by atoms with E-state index in [4.69, 9.17) is 0 Å². The van der Waals surface area contributed by atoms with E-state index in [0.29, 0.717) is 12.5 Å². The van der Waals surface area contributed by atoms with E-state index in [1.54, 1.807) is 0 Å². The highest BCUT2D eigenvalue weighted by atomic mass is 32.1. The smallest absolute Gasteiger partial charge is 0.219 e. The summed E-state index contributed by atoms with van der Waals surface area (Å²) in [6.07, 6.45) is 3.94. The maximum Gasteiger partial charge on any atom is 0.219 e. The molecule has 0 atom stereocenters. The fourth-order valence-corrected chi connectivity index (χ4v) is 3.05. The van der Waals surface area contributed by atoms with Crippen LogP contribution in [0.3, 0.4) is 0 Å². The van der Waals surface area contributed by atoms with Gasteiger partial charge in [0.15, 0.2) is 0 Å². The zero-order valence-electron chi connectivity index (χ0n) is 11.0. The van der Waals surface area contributed by atoms with Crippen molar-refractivity contribution >= 4 is 17.2 Å². The number of hydrogen-bond acceptors (Lipinski definition) is 3. The lowest BCUT2D eigenvalue weighted by molar-refractivity contribution is -0.121. The second-order valence-electron chi connectivity index (χ2n) is 4.87. The lowest BCUT2D eigenvalue weighted by Crippen LogP contribution is -2.44. The Kier molecular flexibility index (Phi) is 5.20. The minimum atomic E-state index is 0.187. The van der Waals surface area contributed by atoms with Gasteiger partial charge < -0.3 is 10.2 Å². The van der Waals surface area contributed by atoms with Gasteiger partial charge in [0.05, 0.1) is 0 Å². The topological polar surface area (TPSA) is 32.3 Å². The zero-order valence-corrected chi connectivity index (χ0v) is 11.8. The quantitative estimate of drug-likeness (QED) is 0.887. The van der Waals surface area contributed by atoms with Crippen molar-refractivity contribution in [2.45, 2.75) is 38.6 Å². The van der Waals surface area contributed by atoms with Crippen LogP contribution in [0.15, 0.2) is 17.5 Å². The third kappa shape index (κ3) is 4.10. The predicted octanol–water partition coefficient (Wildman–Crippen LogP) is 2.28. The number of nitrogens with one attached hydrogen (secondary N) is 1. The molecule has 1 aromatic rings. The van der Waals surface area contributed by atoms with Crippen LogP contribution in [0.4, 0.5) is 0 Å². The van der Waals surface area contributed by atoms with E-state index in [1.165, 1.54) is 4.88 Å². The van der Waals surface area contributed by atoms with Crippen LogP contribution in [0.5, 0.6) is 0 Å². The molecule has 0 spiro atoms. The molecule has 1 aliphatic heterocycles. The summed E-state index contributed by atoms with van der Waals surface area (Å²) >= 11 is 1.84. The van der Waals surface area contributed by atoms with Crippen LogP contribution in [0, 0.1) is 0 Å². The first-order valence-electron chi connectivity index (χ1n) is 6.82. The van der Waals surface area contributed by atoms with E-state index >= 15 is 0 Å². The van der Waals surface area contributed by atoms with Gasteiger partial charge >= 0.3 is 0 Å². The summed E-state index contributed by atoms with van der Waals surface area (Å²) in [6, 6.07) is 4.72. The van der Waals surface area contributed by atoms with E-state index < -0.39 is 0 Å². The molecule has 0 aliphatic carbocycles. The van der Waals surface area contributed by atoms with E-state index in [0.717, 1.165) is 38.9 Å². The average molecular weight is 266 g/mol. The van der Waals surface area contributed by atoms with Crippen molar-refractivity contribution in [3.05, 3.63) is 22.4 Å². The van der Waals surface area contributed by atoms with Crippen molar-refractivity contribution < 1.29 is 4.79 Å². The molecule has 1 fully saturated rings. The molecule has 1 saturated heterocycles. The third-order valence-electron chi connectivity index (χ3n) is 3.53. The summed E-state index contributed by atoms with van der Waals surface area (Å²) in [7, 11) is 0. The van der Waals surface area contributed by atoms with Gasteiger partial charge in [0.25, 0.3) is 0 Å². The Balaban J connectivity index is 1.65. The van der Waals surface area contributed by atoms with Gasteiger partial charge in [-0.05, 0) is 30.7 Å². The summed E-state index contributed by atoms with van der Waals surface area (Å²) in [5, 5.41) is 5.24. The molecule has 0 unspecified atom stereocenters. The molecule has 1 aliphatic rings. The Morgan fingerprint density at radius 3 is 2.89 bits per heavy atom. The van der Waals surface area contributed by atoms with Crippen LogP contribution in [-0.4, -0.2) is 36.5 Å². The molecule has 1 aromatic heterocycles. The van der Waals surface area contributed by atoms with E-state index in [-0.39, 0.29) is 5.91 Å². The highest BCUT2D eigenvalue weighted by Gasteiger charge is 2.19. The number of likely N-dealkylation sites (tertiary alicyclic amines) is 1. The van der Waals surface area contributed by atoms with Crippen molar-refractivity contribution in [2.24, 2.45) is 0 Å². The molecule has 0 saturated carbocycles. The van der Waals surface area contributed by atoms with Crippen molar-refractivity contribution in [2.75, 3.05) is 19.6 Å². The Labute approximate surface area is 113 Å². The first kappa shape index (κ1) is 13.6. The van der Waals surface area contributed by atoms with Crippen LogP contribution < -0.4 is 5.32 Å². The van der Waals surface area contributed by atoms with Gasteiger partial charge in [-0.25, -0.2) is 0 Å². The van der Waals surface area contributed by atoms with E-state index in [9.17, 15) is 4.79 Å². The van der Waals surface area contributed by atoms with Crippen LogP contribution in [0.1, 0.15) is 31.1 Å². The number of piperidine rings is 1. The SMILES string of the molecule is CCC(=O)NC1CCN(CCc2cccs2)CC1. The lowest BCUT2D eigenvalue weighted by atomic mass is 10.0. The molecule has 1 N–H and O–H groups in total. The molecule has 2 rings (SSSR count). The van der Waals surface area contributed by atoms with E-state index in [2.05, 4.69) is 27.7 Å². The van der Waals surface area contributed by atoms with Crippen molar-refractivity contribution in [1.29, 1.82) is 0 Å². The average Bonchev–Trinajstić information content (AvgIpc) is 2.91. The molecule has 4 heteroatoms. The van der Waals surface area contributed by atoms with Crippen molar-refractivity contribution in [1.82, 2.24) is 10.2 Å². The van der Waals surface area contributed by atoms with Crippen LogP contribution in [-0.2, 0) is 11.2 Å². The molecular formula is C14H22N2OS. The summed E-state index contributed by atoms with van der Waals surface area (Å²) in [4.78, 5) is 15.3. The molecule has 0 bridgehead atoms. The molecule has 100 valence electrons. The number of thiophene rings is 1. The number of amides is 1. The largest absolute Gasteiger partial charge is 0.353 e. The number of rotatable bonds is 5. The van der Waals surface area contributed by atoms with Crippen LogP contribution >= 0.6 is 11.3 Å². The van der Waals surface area contributed by atoms with Crippen LogP contribution in [0.25, 0.3) is 0 Å². The number of carbonyl (C=O) groups is 1. The van der Waals surface area contributed by atoms with Crippen molar-refractivity contribution in [3.63, 3.8) is 0 Å². The molecule has 3 nitrogen and oxygen atoms in total. The highest BCUT2D eigenvalue weighted by Crippen LogP contribution is 2.14. The summed E-state index contributed by atoms with van der Waals surface area (Å²) in [5.41, 5.74) is 0. The van der Waals surface area contributed by atoms with Gasteiger partial charge in [-0.1, -0.05) is 13.0 Å². The third-order valence-corrected chi connectivity index (χ3v) is 4.46. The molecular weight excluding hydrogens is 244 g/mol. The predicted molar refractivity (Wildman–Crippen MR) is 75.9 cm³/mol. The summed E-state index contributed by atoms with van der Waals surface area (Å²) < 4.78 is 0.